The number of para-hydroxylation sites is 1. The Balaban J connectivity index is 2.69. The smallest absolute Gasteiger partial charge is 0.460 e. The maximum Gasteiger partial charge on any atom is 0.460 e. The van der Waals surface area contributed by atoms with E-state index >= 15 is 0 Å². The lowest BCUT2D eigenvalue weighted by Crippen LogP contribution is -2.54. The van der Waals surface area contributed by atoms with Crippen LogP contribution in [0.25, 0.3) is 6.08 Å². The Labute approximate surface area is 112 Å². The fourth-order valence-electron chi connectivity index (χ4n) is 1.99. The zero-order chi connectivity index (χ0) is 15.1. The highest BCUT2D eigenvalue weighted by Crippen LogP contribution is 2.44. The third-order valence-electron chi connectivity index (χ3n) is 3.04. The predicted molar refractivity (Wildman–Crippen MR) is 63.1 cm³/mol. The number of aliphatic hydroxyl groups is 1. The van der Waals surface area contributed by atoms with Crippen LogP contribution in [0.15, 0.2) is 23.8 Å². The van der Waals surface area contributed by atoms with Crippen molar-refractivity contribution in [1.29, 1.82) is 0 Å². The van der Waals surface area contributed by atoms with Crippen molar-refractivity contribution in [3.8, 4) is 5.75 Å². The molecule has 20 heavy (non-hydrogen) atoms. The van der Waals surface area contributed by atoms with Crippen LogP contribution in [-0.4, -0.2) is 28.1 Å². The van der Waals surface area contributed by atoms with Crippen molar-refractivity contribution < 1.29 is 32.9 Å². The zero-order valence-corrected chi connectivity index (χ0v) is 10.4. The van der Waals surface area contributed by atoms with Gasteiger partial charge in [0, 0.05) is 5.56 Å². The molecular formula is C13H11F3O4. The average molecular weight is 288 g/mol. The molecule has 1 aromatic carbocycles. The number of ether oxygens (including phenoxy) is 1. The topological polar surface area (TPSA) is 66.8 Å². The number of hydrogen-bond donors (Lipinski definition) is 2. The minimum absolute atomic E-state index is 0.153. The molecule has 2 N–H and O–H groups in total. The van der Waals surface area contributed by atoms with E-state index in [9.17, 15) is 23.1 Å². The minimum Gasteiger partial charge on any atom is -0.478 e. The molecule has 1 aliphatic rings. The van der Waals surface area contributed by atoms with Crippen molar-refractivity contribution in [2.24, 2.45) is 0 Å². The molecule has 0 spiro atoms. The van der Waals surface area contributed by atoms with Crippen LogP contribution in [-0.2, 0) is 11.2 Å². The number of aliphatic carboxylic acids is 1. The number of halogens is 3. The molecule has 1 unspecified atom stereocenters. The summed E-state index contributed by atoms with van der Waals surface area (Å²) in [5, 5.41) is 18.6. The Kier molecular flexibility index (Phi) is 3.25. The number of alkyl halides is 3. The van der Waals surface area contributed by atoms with Crippen LogP contribution in [0, 0.1) is 0 Å². The predicted octanol–water partition coefficient (Wildman–Crippen LogP) is 2.36. The summed E-state index contributed by atoms with van der Waals surface area (Å²) in [6.45, 7) is 1.71. The number of carbonyl (C=O) groups is 1. The summed E-state index contributed by atoms with van der Waals surface area (Å²) >= 11 is 0. The van der Waals surface area contributed by atoms with Crippen molar-refractivity contribution in [2.45, 2.75) is 25.3 Å². The quantitative estimate of drug-likeness (QED) is 0.876. The van der Waals surface area contributed by atoms with Gasteiger partial charge < -0.3 is 14.9 Å². The molecule has 1 aliphatic heterocycles. The van der Waals surface area contributed by atoms with Crippen LogP contribution in [0.5, 0.6) is 5.75 Å². The molecule has 108 valence electrons. The molecule has 2 rings (SSSR count). The van der Waals surface area contributed by atoms with Gasteiger partial charge in [-0.1, -0.05) is 25.1 Å². The normalized spacial score (nSPS) is 21.8. The lowest BCUT2D eigenvalue weighted by molar-refractivity contribution is -0.316. The van der Waals surface area contributed by atoms with Crippen molar-refractivity contribution in [1.82, 2.24) is 0 Å². The van der Waals surface area contributed by atoms with E-state index in [0.717, 1.165) is 6.08 Å². The lowest BCUT2D eigenvalue weighted by atomic mass is 9.95. The largest absolute Gasteiger partial charge is 0.478 e. The summed E-state index contributed by atoms with van der Waals surface area (Å²) in [4.78, 5) is 11.0. The molecule has 0 saturated heterocycles. The highest BCUT2D eigenvalue weighted by atomic mass is 19.4. The molecule has 0 aromatic heterocycles. The van der Waals surface area contributed by atoms with Gasteiger partial charge in [0.05, 0.1) is 0 Å². The van der Waals surface area contributed by atoms with Gasteiger partial charge in [-0.05, 0) is 18.1 Å². The minimum atomic E-state index is -5.27. The van der Waals surface area contributed by atoms with Crippen LogP contribution in [0.3, 0.4) is 0 Å². The van der Waals surface area contributed by atoms with Gasteiger partial charge in [0.15, 0.2) is 0 Å². The number of carboxylic acid groups (broad SMARTS) is 1. The summed E-state index contributed by atoms with van der Waals surface area (Å²) in [5.41, 5.74) is -0.618. The molecule has 4 nitrogen and oxygen atoms in total. The van der Waals surface area contributed by atoms with E-state index in [2.05, 4.69) is 4.74 Å². The maximum atomic E-state index is 13.0. The molecule has 0 radical (unpaired) electrons. The number of hydrogen-bond acceptors (Lipinski definition) is 3. The van der Waals surface area contributed by atoms with Gasteiger partial charge in [0.2, 0.25) is 0 Å². The Morgan fingerprint density at radius 1 is 1.40 bits per heavy atom. The van der Waals surface area contributed by atoms with Crippen LogP contribution in [0.4, 0.5) is 13.2 Å². The third kappa shape index (κ3) is 2.03. The fraction of sp³-hybridized carbons (Fsp3) is 0.308. The average Bonchev–Trinajstić information content (AvgIpc) is 2.35. The molecular weight excluding hydrogens is 277 g/mol. The van der Waals surface area contributed by atoms with Gasteiger partial charge in [-0.3, -0.25) is 0 Å². The number of benzene rings is 1. The van der Waals surface area contributed by atoms with E-state index in [-0.39, 0.29) is 11.3 Å². The molecule has 1 atom stereocenters. The van der Waals surface area contributed by atoms with Crippen molar-refractivity contribution in [3.05, 3.63) is 34.9 Å². The summed E-state index contributed by atoms with van der Waals surface area (Å²) in [6.07, 6.45) is -4.10. The fourth-order valence-corrected chi connectivity index (χ4v) is 1.99. The van der Waals surface area contributed by atoms with E-state index in [1.165, 1.54) is 6.07 Å². The maximum absolute atomic E-state index is 13.0. The first-order valence-corrected chi connectivity index (χ1v) is 5.76. The first kappa shape index (κ1) is 14.4. The summed E-state index contributed by atoms with van der Waals surface area (Å²) in [6, 6.07) is 4.55. The van der Waals surface area contributed by atoms with Crippen molar-refractivity contribution in [3.63, 3.8) is 0 Å². The van der Waals surface area contributed by atoms with Gasteiger partial charge in [0.25, 0.3) is 0 Å². The number of rotatable bonds is 2. The van der Waals surface area contributed by atoms with Gasteiger partial charge in [-0.15, -0.1) is 0 Å². The second-order valence-corrected chi connectivity index (χ2v) is 4.30. The Morgan fingerprint density at radius 2 is 2.05 bits per heavy atom. The van der Waals surface area contributed by atoms with E-state index in [1.54, 1.807) is 19.1 Å². The first-order valence-electron chi connectivity index (χ1n) is 5.76. The first-order chi connectivity index (χ1) is 9.20. The molecule has 1 aromatic rings. The van der Waals surface area contributed by atoms with Crippen molar-refractivity contribution >= 4 is 12.0 Å². The van der Waals surface area contributed by atoms with Gasteiger partial charge in [0.1, 0.15) is 11.3 Å². The summed E-state index contributed by atoms with van der Waals surface area (Å²) in [7, 11) is 0. The van der Waals surface area contributed by atoms with E-state index < -0.39 is 23.5 Å². The van der Waals surface area contributed by atoms with Crippen molar-refractivity contribution in [2.75, 3.05) is 0 Å². The lowest BCUT2D eigenvalue weighted by Gasteiger charge is -2.35. The van der Waals surface area contributed by atoms with E-state index in [0.29, 0.717) is 12.0 Å². The molecule has 1 heterocycles. The van der Waals surface area contributed by atoms with Crippen LogP contribution >= 0.6 is 0 Å². The van der Waals surface area contributed by atoms with Crippen LogP contribution < -0.4 is 4.74 Å². The second-order valence-electron chi connectivity index (χ2n) is 4.30. The second kappa shape index (κ2) is 4.52. The summed E-state index contributed by atoms with van der Waals surface area (Å²) < 4.78 is 43.6. The Hall–Kier alpha value is -2.02. The van der Waals surface area contributed by atoms with Crippen LogP contribution in [0.2, 0.25) is 0 Å². The third-order valence-corrected chi connectivity index (χ3v) is 3.04. The van der Waals surface area contributed by atoms with E-state index in [1.807, 2.05) is 0 Å². The Bertz CT molecular complexity index is 592. The zero-order valence-electron chi connectivity index (χ0n) is 10.4. The number of carboxylic acids is 1. The van der Waals surface area contributed by atoms with Gasteiger partial charge in [-0.2, -0.15) is 13.2 Å². The Morgan fingerprint density at radius 3 is 2.55 bits per heavy atom. The van der Waals surface area contributed by atoms with E-state index in [4.69, 9.17) is 5.11 Å². The number of fused-ring (bicyclic) bond motifs is 1. The molecule has 0 aliphatic carbocycles. The molecule has 0 saturated carbocycles. The molecule has 0 amide bonds. The van der Waals surface area contributed by atoms with Gasteiger partial charge >= 0.3 is 17.9 Å². The monoisotopic (exact) mass is 288 g/mol. The van der Waals surface area contributed by atoms with Gasteiger partial charge in [-0.25, -0.2) is 4.79 Å². The standard InChI is InChI=1S/C13H11F3O4/c1-2-7-4-3-5-8-6-9(11(17)18)12(19,13(14,15)16)20-10(7)8/h3-6,19H,2H2,1H3,(H,17,18). The van der Waals surface area contributed by atoms with Crippen LogP contribution in [0.1, 0.15) is 18.1 Å². The number of aryl methyl sites for hydroxylation is 1. The summed E-state index contributed by atoms with van der Waals surface area (Å²) in [5.74, 6) is -5.89. The molecule has 7 heteroatoms. The molecule has 0 fully saturated rings. The SMILES string of the molecule is CCc1cccc2c1OC(O)(C(F)(F)F)C(C(=O)O)=C2. The molecule has 0 bridgehead atoms. The highest BCUT2D eigenvalue weighted by molar-refractivity contribution is 5.95. The highest BCUT2D eigenvalue weighted by Gasteiger charge is 2.63.